The Balaban J connectivity index is 2.51. The average molecular weight is 237 g/mol. The van der Waals surface area contributed by atoms with E-state index in [-0.39, 0.29) is 5.41 Å². The summed E-state index contributed by atoms with van der Waals surface area (Å²) in [6.07, 6.45) is 1.64. The van der Waals surface area contributed by atoms with Crippen LogP contribution in [-0.4, -0.2) is 8.42 Å². The zero-order valence-electron chi connectivity index (χ0n) is 9.61. The van der Waals surface area contributed by atoms with E-state index >= 15 is 0 Å². The molecule has 16 heavy (non-hydrogen) atoms. The molecule has 0 saturated carbocycles. The lowest BCUT2D eigenvalue weighted by molar-refractivity contribution is 0.590. The predicted octanol–water partition coefficient (Wildman–Crippen LogP) is 2.71. The van der Waals surface area contributed by atoms with Crippen LogP contribution in [0.1, 0.15) is 31.9 Å². The van der Waals surface area contributed by atoms with Crippen molar-refractivity contribution in [3.63, 3.8) is 0 Å². The van der Waals surface area contributed by atoms with Gasteiger partial charge < -0.3 is 0 Å². The van der Waals surface area contributed by atoms with Gasteiger partial charge in [0.25, 0.3) is 10.0 Å². The summed E-state index contributed by atoms with van der Waals surface area (Å²) in [5.74, 6) is 0. The van der Waals surface area contributed by atoms with E-state index in [0.29, 0.717) is 5.69 Å². The van der Waals surface area contributed by atoms with Crippen LogP contribution in [0.15, 0.2) is 23.6 Å². The van der Waals surface area contributed by atoms with Crippen LogP contribution in [0, 0.1) is 0 Å². The maximum absolute atomic E-state index is 11.3. The Labute approximate surface area is 96.2 Å². The van der Waals surface area contributed by atoms with E-state index in [4.69, 9.17) is 0 Å². The van der Waals surface area contributed by atoms with E-state index in [9.17, 15) is 8.42 Å². The van der Waals surface area contributed by atoms with Crippen LogP contribution in [0.5, 0.6) is 0 Å². The molecule has 1 aliphatic heterocycles. The van der Waals surface area contributed by atoms with Crippen molar-refractivity contribution in [2.45, 2.75) is 26.2 Å². The van der Waals surface area contributed by atoms with Crippen LogP contribution >= 0.6 is 0 Å². The smallest absolute Gasteiger partial charge is 0.255 e. The van der Waals surface area contributed by atoms with Crippen molar-refractivity contribution in [2.24, 2.45) is 0 Å². The topological polar surface area (TPSA) is 46.2 Å². The molecular weight excluding hydrogens is 222 g/mol. The third-order valence-corrected chi connectivity index (χ3v) is 3.60. The molecule has 3 nitrogen and oxygen atoms in total. The van der Waals surface area contributed by atoms with Crippen molar-refractivity contribution < 1.29 is 8.42 Å². The molecule has 0 fully saturated rings. The molecule has 86 valence electrons. The largest absolute Gasteiger partial charge is 0.280 e. The van der Waals surface area contributed by atoms with E-state index in [1.807, 2.05) is 18.2 Å². The van der Waals surface area contributed by atoms with Crippen molar-refractivity contribution in [3.05, 3.63) is 34.7 Å². The third kappa shape index (κ3) is 2.11. The van der Waals surface area contributed by atoms with Gasteiger partial charge in [0, 0.05) is 0 Å². The first-order valence-electron chi connectivity index (χ1n) is 5.13. The second kappa shape index (κ2) is 3.35. The monoisotopic (exact) mass is 237 g/mol. The maximum Gasteiger partial charge on any atom is 0.255 e. The summed E-state index contributed by atoms with van der Waals surface area (Å²) in [4.78, 5) is 0. The van der Waals surface area contributed by atoms with Crippen molar-refractivity contribution in [1.82, 2.24) is 0 Å². The van der Waals surface area contributed by atoms with Crippen LogP contribution in [0.25, 0.3) is 6.08 Å². The first-order chi connectivity index (χ1) is 7.28. The van der Waals surface area contributed by atoms with Gasteiger partial charge in [-0.3, -0.25) is 4.72 Å². The van der Waals surface area contributed by atoms with Gasteiger partial charge in [0.15, 0.2) is 0 Å². The molecule has 1 heterocycles. The van der Waals surface area contributed by atoms with E-state index in [1.165, 1.54) is 11.0 Å². The zero-order valence-corrected chi connectivity index (χ0v) is 10.4. The molecule has 0 atom stereocenters. The van der Waals surface area contributed by atoms with E-state index in [2.05, 4.69) is 25.5 Å². The molecule has 1 aliphatic rings. The summed E-state index contributed by atoms with van der Waals surface area (Å²) in [5, 5.41) is 1.20. The average Bonchev–Trinajstić information content (AvgIpc) is 2.14. The minimum atomic E-state index is -3.28. The molecular formula is C12H15NO2S. The highest BCUT2D eigenvalue weighted by Gasteiger charge is 2.18. The molecule has 0 aliphatic carbocycles. The van der Waals surface area contributed by atoms with Crippen LogP contribution in [0.2, 0.25) is 0 Å². The number of anilines is 1. The summed E-state index contributed by atoms with van der Waals surface area (Å²) in [5.41, 5.74) is 2.83. The molecule has 0 unspecified atom stereocenters. The number of nitrogens with one attached hydrogen (secondary N) is 1. The lowest BCUT2D eigenvalue weighted by Gasteiger charge is -2.22. The van der Waals surface area contributed by atoms with Gasteiger partial charge in [-0.15, -0.1) is 0 Å². The van der Waals surface area contributed by atoms with Crippen molar-refractivity contribution >= 4 is 21.8 Å². The molecule has 0 bridgehead atoms. The van der Waals surface area contributed by atoms with E-state index < -0.39 is 10.0 Å². The molecule has 0 saturated heterocycles. The quantitative estimate of drug-likeness (QED) is 0.754. The second-order valence-electron chi connectivity index (χ2n) is 5.00. The van der Waals surface area contributed by atoms with Crippen LogP contribution in [0.4, 0.5) is 5.69 Å². The van der Waals surface area contributed by atoms with Crippen molar-refractivity contribution in [3.8, 4) is 0 Å². The van der Waals surface area contributed by atoms with Crippen LogP contribution in [-0.2, 0) is 15.4 Å². The number of hydrogen-bond acceptors (Lipinski definition) is 2. The fraction of sp³-hybridized carbons (Fsp3) is 0.333. The Bertz CT molecular complexity index is 551. The number of rotatable bonds is 0. The number of fused-ring (bicyclic) bond motifs is 1. The minimum absolute atomic E-state index is 0.0686. The zero-order chi connectivity index (χ0) is 12.0. The molecule has 0 spiro atoms. The van der Waals surface area contributed by atoms with Gasteiger partial charge in [-0.25, -0.2) is 8.42 Å². The van der Waals surface area contributed by atoms with Gasteiger partial charge in [-0.2, -0.15) is 0 Å². The molecule has 0 radical (unpaired) electrons. The Morgan fingerprint density at radius 1 is 1.19 bits per heavy atom. The Morgan fingerprint density at radius 3 is 2.50 bits per heavy atom. The van der Waals surface area contributed by atoms with E-state index in [0.717, 1.165) is 5.56 Å². The van der Waals surface area contributed by atoms with Crippen LogP contribution < -0.4 is 4.72 Å². The number of sulfonamides is 1. The van der Waals surface area contributed by atoms with Gasteiger partial charge in [-0.05, 0) is 34.8 Å². The molecule has 0 amide bonds. The first-order valence-corrected chi connectivity index (χ1v) is 6.68. The molecule has 1 aromatic carbocycles. The van der Waals surface area contributed by atoms with Crippen LogP contribution in [0.3, 0.4) is 0 Å². The Morgan fingerprint density at radius 2 is 1.88 bits per heavy atom. The lowest BCUT2D eigenvalue weighted by Crippen LogP contribution is -2.15. The van der Waals surface area contributed by atoms with Crippen molar-refractivity contribution in [2.75, 3.05) is 4.72 Å². The lowest BCUT2D eigenvalue weighted by atomic mass is 9.86. The van der Waals surface area contributed by atoms with Gasteiger partial charge >= 0.3 is 0 Å². The fourth-order valence-electron chi connectivity index (χ4n) is 1.61. The summed E-state index contributed by atoms with van der Waals surface area (Å²) in [6, 6.07) is 5.80. The number of hydrogen-bond donors (Lipinski definition) is 1. The molecule has 1 N–H and O–H groups in total. The highest BCUT2D eigenvalue weighted by molar-refractivity contribution is 7.95. The summed E-state index contributed by atoms with van der Waals surface area (Å²) in [7, 11) is -3.28. The summed E-state index contributed by atoms with van der Waals surface area (Å²) in [6.45, 7) is 6.39. The molecule has 1 aromatic rings. The van der Waals surface area contributed by atoms with Gasteiger partial charge in [0.1, 0.15) is 0 Å². The number of benzene rings is 1. The van der Waals surface area contributed by atoms with Gasteiger partial charge in [0.2, 0.25) is 0 Å². The third-order valence-electron chi connectivity index (χ3n) is 2.60. The highest BCUT2D eigenvalue weighted by Crippen LogP contribution is 2.30. The molecule has 4 heteroatoms. The van der Waals surface area contributed by atoms with Gasteiger partial charge in [0.05, 0.1) is 11.1 Å². The molecule has 0 aromatic heterocycles. The standard InChI is InChI=1S/C12H15NO2S/c1-12(2,3)10-4-5-11-9(8-10)6-7-16(14,15)13-11/h4-8,13H,1-3H3. The van der Waals surface area contributed by atoms with Crippen molar-refractivity contribution in [1.29, 1.82) is 0 Å². The Hall–Kier alpha value is -1.29. The second-order valence-corrected chi connectivity index (χ2v) is 6.57. The SMILES string of the molecule is CC(C)(C)c1ccc2c(c1)C=CS(=O)(=O)N2. The summed E-state index contributed by atoms with van der Waals surface area (Å²) < 4.78 is 25.1. The van der Waals surface area contributed by atoms with Gasteiger partial charge in [-0.1, -0.05) is 26.8 Å². The highest BCUT2D eigenvalue weighted by atomic mass is 32.2. The molecule has 2 rings (SSSR count). The Kier molecular flexibility index (Phi) is 2.35. The minimum Gasteiger partial charge on any atom is -0.280 e. The summed E-state index contributed by atoms with van der Waals surface area (Å²) >= 11 is 0. The maximum atomic E-state index is 11.3. The van der Waals surface area contributed by atoms with E-state index in [1.54, 1.807) is 6.08 Å². The normalized spacial score (nSPS) is 17.7. The first kappa shape index (κ1) is 11.2. The predicted molar refractivity (Wildman–Crippen MR) is 66.7 cm³/mol. The fourth-order valence-corrected chi connectivity index (χ4v) is 2.50.